The van der Waals surface area contributed by atoms with Gasteiger partial charge >= 0.3 is 0 Å². The van der Waals surface area contributed by atoms with Crippen LogP contribution in [0, 0.1) is 5.82 Å². The van der Waals surface area contributed by atoms with E-state index in [1.54, 1.807) is 31.4 Å². The molecule has 2 aromatic carbocycles. The number of ether oxygens (including phenoxy) is 1. The number of sulfonamides is 1. The number of methoxy groups -OCH3 is 1. The Bertz CT molecular complexity index is 732. The Balaban J connectivity index is 2.13. The minimum Gasteiger partial charge on any atom is -0.497 e. The fraction of sp³-hybridized carbons (Fsp3) is 0.143. The van der Waals surface area contributed by atoms with Crippen molar-refractivity contribution in [2.75, 3.05) is 7.11 Å². The molecular weight excluding hydrogens is 317 g/mol. The van der Waals surface area contributed by atoms with Gasteiger partial charge in [0, 0.05) is 11.6 Å². The molecule has 2 aromatic rings. The maximum absolute atomic E-state index is 13.7. The van der Waals surface area contributed by atoms with Gasteiger partial charge in [0.2, 0.25) is 10.0 Å². The standard InChI is InChI=1S/C14H13ClFNO3S/c1-20-12-5-2-10(3-6-12)9-17-21(18,19)14-7-4-11(15)8-13(14)16/h2-8,17H,9H2,1H3. The molecule has 0 heterocycles. The quantitative estimate of drug-likeness (QED) is 0.917. The van der Waals surface area contributed by atoms with Crippen molar-refractivity contribution >= 4 is 21.6 Å². The van der Waals surface area contributed by atoms with Gasteiger partial charge in [-0.25, -0.2) is 17.5 Å². The number of nitrogens with one attached hydrogen (secondary N) is 1. The monoisotopic (exact) mass is 329 g/mol. The summed E-state index contributed by atoms with van der Waals surface area (Å²) in [5.41, 5.74) is 0.730. The van der Waals surface area contributed by atoms with Crippen molar-refractivity contribution in [1.29, 1.82) is 0 Å². The smallest absolute Gasteiger partial charge is 0.243 e. The third kappa shape index (κ3) is 3.93. The molecule has 0 radical (unpaired) electrons. The first kappa shape index (κ1) is 15.8. The van der Waals surface area contributed by atoms with Gasteiger partial charge in [-0.15, -0.1) is 0 Å². The van der Waals surface area contributed by atoms with Crippen molar-refractivity contribution in [3.8, 4) is 5.75 Å². The summed E-state index contributed by atoms with van der Waals surface area (Å²) in [4.78, 5) is -0.430. The van der Waals surface area contributed by atoms with E-state index in [-0.39, 0.29) is 11.6 Å². The third-order valence-electron chi connectivity index (χ3n) is 2.81. The van der Waals surface area contributed by atoms with Gasteiger partial charge in [-0.05, 0) is 35.9 Å². The van der Waals surface area contributed by atoms with E-state index in [9.17, 15) is 12.8 Å². The van der Waals surface area contributed by atoms with Crippen LogP contribution < -0.4 is 9.46 Å². The first-order valence-electron chi connectivity index (χ1n) is 6.00. The summed E-state index contributed by atoms with van der Waals surface area (Å²) in [6.07, 6.45) is 0. The maximum Gasteiger partial charge on any atom is 0.243 e. The molecule has 4 nitrogen and oxygen atoms in total. The second kappa shape index (κ2) is 6.43. The van der Waals surface area contributed by atoms with Crippen LogP contribution in [-0.4, -0.2) is 15.5 Å². The van der Waals surface area contributed by atoms with Gasteiger partial charge in [-0.2, -0.15) is 0 Å². The van der Waals surface area contributed by atoms with E-state index in [0.29, 0.717) is 5.75 Å². The minimum absolute atomic E-state index is 0.0500. The lowest BCUT2D eigenvalue weighted by Gasteiger charge is -2.08. The number of rotatable bonds is 5. The van der Waals surface area contributed by atoms with Crippen LogP contribution in [0.1, 0.15) is 5.56 Å². The first-order valence-corrected chi connectivity index (χ1v) is 7.86. The third-order valence-corrected chi connectivity index (χ3v) is 4.48. The lowest BCUT2D eigenvalue weighted by atomic mass is 10.2. The normalized spacial score (nSPS) is 11.4. The average molecular weight is 330 g/mol. The van der Waals surface area contributed by atoms with Crippen molar-refractivity contribution in [3.05, 3.63) is 58.9 Å². The summed E-state index contributed by atoms with van der Waals surface area (Å²) in [7, 11) is -2.39. The molecule has 0 spiro atoms. The second-order valence-corrected chi connectivity index (χ2v) is 6.42. The van der Waals surface area contributed by atoms with Crippen molar-refractivity contribution in [2.45, 2.75) is 11.4 Å². The second-order valence-electron chi connectivity index (χ2n) is 4.25. The fourth-order valence-corrected chi connectivity index (χ4v) is 2.93. The summed E-state index contributed by atoms with van der Waals surface area (Å²) >= 11 is 5.60. The largest absolute Gasteiger partial charge is 0.497 e. The summed E-state index contributed by atoms with van der Waals surface area (Å²) < 4.78 is 45.1. The molecule has 21 heavy (non-hydrogen) atoms. The molecule has 0 saturated heterocycles. The molecule has 0 aliphatic carbocycles. The number of halogens is 2. The van der Waals surface area contributed by atoms with Crippen LogP contribution in [0.4, 0.5) is 4.39 Å². The predicted octanol–water partition coefficient (Wildman–Crippen LogP) is 2.97. The highest BCUT2D eigenvalue weighted by atomic mass is 35.5. The molecule has 0 fully saturated rings. The zero-order valence-corrected chi connectivity index (χ0v) is 12.7. The molecule has 0 unspecified atom stereocenters. The highest BCUT2D eigenvalue weighted by Gasteiger charge is 2.18. The van der Waals surface area contributed by atoms with Gasteiger partial charge in [-0.3, -0.25) is 0 Å². The Morgan fingerprint density at radius 3 is 2.43 bits per heavy atom. The Kier molecular flexibility index (Phi) is 4.82. The lowest BCUT2D eigenvalue weighted by molar-refractivity contribution is 0.414. The molecule has 0 amide bonds. The molecule has 2 rings (SSSR count). The highest BCUT2D eigenvalue weighted by molar-refractivity contribution is 7.89. The molecular formula is C14H13ClFNO3S. The van der Waals surface area contributed by atoms with Gasteiger partial charge in [-0.1, -0.05) is 23.7 Å². The minimum atomic E-state index is -3.94. The maximum atomic E-state index is 13.7. The predicted molar refractivity (Wildman–Crippen MR) is 78.4 cm³/mol. The van der Waals surface area contributed by atoms with Gasteiger partial charge in [0.05, 0.1) is 7.11 Å². The van der Waals surface area contributed by atoms with Crippen LogP contribution in [0.15, 0.2) is 47.4 Å². The SMILES string of the molecule is COc1ccc(CNS(=O)(=O)c2ccc(Cl)cc2F)cc1. The van der Waals surface area contributed by atoms with Crippen LogP contribution >= 0.6 is 11.6 Å². The van der Waals surface area contributed by atoms with E-state index in [2.05, 4.69) is 4.72 Å². The molecule has 112 valence electrons. The summed E-state index contributed by atoms with van der Waals surface area (Å²) in [5.74, 6) is -0.213. The Labute approximate surface area is 127 Å². The van der Waals surface area contributed by atoms with Crippen molar-refractivity contribution in [1.82, 2.24) is 4.72 Å². The molecule has 7 heteroatoms. The van der Waals surface area contributed by atoms with Crippen molar-refractivity contribution in [3.63, 3.8) is 0 Å². The number of hydrogen-bond donors (Lipinski definition) is 1. The molecule has 1 N–H and O–H groups in total. The Hall–Kier alpha value is -1.63. The van der Waals surface area contributed by atoms with Crippen molar-refractivity contribution in [2.24, 2.45) is 0 Å². The van der Waals surface area contributed by atoms with E-state index in [4.69, 9.17) is 16.3 Å². The van der Waals surface area contributed by atoms with Gasteiger partial charge in [0.15, 0.2) is 0 Å². The van der Waals surface area contributed by atoms with E-state index in [1.165, 1.54) is 6.07 Å². The molecule has 0 aromatic heterocycles. The molecule has 0 saturated carbocycles. The van der Waals surface area contributed by atoms with Crippen molar-refractivity contribution < 1.29 is 17.5 Å². The number of benzene rings is 2. The Morgan fingerprint density at radius 1 is 1.19 bits per heavy atom. The molecule has 0 aliphatic heterocycles. The molecule has 0 aliphatic rings. The highest BCUT2D eigenvalue weighted by Crippen LogP contribution is 2.19. The molecule has 0 bridgehead atoms. The van der Waals surface area contributed by atoms with Crippen LogP contribution in [0.25, 0.3) is 0 Å². The van der Waals surface area contributed by atoms with E-state index < -0.39 is 20.7 Å². The lowest BCUT2D eigenvalue weighted by Crippen LogP contribution is -2.24. The summed E-state index contributed by atoms with van der Waals surface area (Å²) in [6.45, 7) is 0.0500. The van der Waals surface area contributed by atoms with Crippen LogP contribution in [-0.2, 0) is 16.6 Å². The fourth-order valence-electron chi connectivity index (χ4n) is 1.69. The average Bonchev–Trinajstić information content (AvgIpc) is 2.45. The number of hydrogen-bond acceptors (Lipinski definition) is 3. The van der Waals surface area contributed by atoms with Gasteiger partial charge < -0.3 is 4.74 Å². The van der Waals surface area contributed by atoms with Crippen LogP contribution in [0.5, 0.6) is 5.75 Å². The van der Waals surface area contributed by atoms with Gasteiger partial charge in [0.1, 0.15) is 16.5 Å². The summed E-state index contributed by atoms with van der Waals surface area (Å²) in [6, 6.07) is 10.3. The topological polar surface area (TPSA) is 55.4 Å². The van der Waals surface area contributed by atoms with E-state index >= 15 is 0 Å². The van der Waals surface area contributed by atoms with E-state index in [1.807, 2.05) is 0 Å². The Morgan fingerprint density at radius 2 is 1.86 bits per heavy atom. The van der Waals surface area contributed by atoms with Crippen LogP contribution in [0.3, 0.4) is 0 Å². The van der Waals surface area contributed by atoms with E-state index in [0.717, 1.165) is 17.7 Å². The zero-order valence-electron chi connectivity index (χ0n) is 11.1. The van der Waals surface area contributed by atoms with Crippen LogP contribution in [0.2, 0.25) is 5.02 Å². The first-order chi connectivity index (χ1) is 9.92. The summed E-state index contributed by atoms with van der Waals surface area (Å²) in [5, 5.41) is 0.140. The van der Waals surface area contributed by atoms with Gasteiger partial charge in [0.25, 0.3) is 0 Å². The molecule has 0 atom stereocenters. The zero-order chi connectivity index (χ0) is 15.5.